The van der Waals surface area contributed by atoms with E-state index in [1.807, 2.05) is 31.2 Å². The topological polar surface area (TPSA) is 55.4 Å². The quantitative estimate of drug-likeness (QED) is 0.696. The van der Waals surface area contributed by atoms with E-state index in [2.05, 4.69) is 23.5 Å². The van der Waals surface area contributed by atoms with Gasteiger partial charge in [-0.15, -0.1) is 0 Å². The molecular formula is C21H19NO3. The Bertz CT molecular complexity index is 882. The molecule has 3 rings (SSSR count). The molecule has 0 fully saturated rings. The third-order valence-corrected chi connectivity index (χ3v) is 4.05. The molecule has 0 saturated heterocycles. The van der Waals surface area contributed by atoms with Crippen LogP contribution in [0.2, 0.25) is 0 Å². The highest BCUT2D eigenvalue weighted by Crippen LogP contribution is 2.24. The van der Waals surface area contributed by atoms with Gasteiger partial charge in [0, 0.05) is 5.56 Å². The van der Waals surface area contributed by atoms with E-state index in [0.717, 1.165) is 22.6 Å². The number of ether oxygens (including phenoxy) is 1. The molecule has 126 valence electrons. The van der Waals surface area contributed by atoms with Crippen molar-refractivity contribution in [2.45, 2.75) is 13.0 Å². The van der Waals surface area contributed by atoms with Crippen LogP contribution >= 0.6 is 0 Å². The van der Waals surface area contributed by atoms with Gasteiger partial charge in [-0.25, -0.2) is 0 Å². The number of rotatable bonds is 6. The highest BCUT2D eigenvalue weighted by molar-refractivity contribution is 5.87. The Kier molecular flexibility index (Phi) is 5.09. The van der Waals surface area contributed by atoms with E-state index in [4.69, 9.17) is 4.74 Å². The Hall–Kier alpha value is -3.14. The molecule has 1 atom stereocenters. The van der Waals surface area contributed by atoms with Gasteiger partial charge in [-0.1, -0.05) is 42.5 Å². The van der Waals surface area contributed by atoms with E-state index in [9.17, 15) is 9.59 Å². The van der Waals surface area contributed by atoms with Crippen LogP contribution in [0.1, 0.15) is 28.9 Å². The lowest BCUT2D eigenvalue weighted by Gasteiger charge is -2.17. The van der Waals surface area contributed by atoms with Gasteiger partial charge in [0.2, 0.25) is 0 Å². The highest BCUT2D eigenvalue weighted by Gasteiger charge is 2.12. The zero-order chi connectivity index (χ0) is 17.6. The van der Waals surface area contributed by atoms with E-state index >= 15 is 0 Å². The zero-order valence-corrected chi connectivity index (χ0v) is 13.9. The minimum absolute atomic E-state index is 0.0739. The Labute approximate surface area is 146 Å². The standard InChI is InChI=1S/C21H19NO3/c1-15(19-8-4-6-17-5-2-3-7-20(17)19)22-21(24)14-25-18-11-9-16(13-23)10-12-18/h2-13,15H,14H2,1H3,(H,22,24). The van der Waals surface area contributed by atoms with Gasteiger partial charge in [-0.2, -0.15) is 0 Å². The molecule has 1 amide bonds. The van der Waals surface area contributed by atoms with E-state index in [-0.39, 0.29) is 18.6 Å². The molecule has 0 aliphatic carbocycles. The number of carbonyl (C=O) groups is 2. The molecule has 3 aromatic carbocycles. The average Bonchev–Trinajstić information content (AvgIpc) is 2.66. The second kappa shape index (κ2) is 7.62. The summed E-state index contributed by atoms with van der Waals surface area (Å²) in [6.07, 6.45) is 0.766. The van der Waals surface area contributed by atoms with Gasteiger partial charge in [0.25, 0.3) is 5.91 Å². The maximum Gasteiger partial charge on any atom is 0.258 e. The third-order valence-electron chi connectivity index (χ3n) is 4.05. The van der Waals surface area contributed by atoms with Crippen LogP contribution in [0.4, 0.5) is 0 Å². The minimum Gasteiger partial charge on any atom is -0.484 e. The number of benzene rings is 3. The maximum absolute atomic E-state index is 12.2. The van der Waals surface area contributed by atoms with Crippen molar-refractivity contribution in [1.29, 1.82) is 0 Å². The lowest BCUT2D eigenvalue weighted by molar-refractivity contribution is -0.123. The summed E-state index contributed by atoms with van der Waals surface area (Å²) in [7, 11) is 0. The number of carbonyl (C=O) groups excluding carboxylic acids is 2. The fourth-order valence-corrected chi connectivity index (χ4v) is 2.78. The molecule has 3 aromatic rings. The molecule has 1 N–H and O–H groups in total. The van der Waals surface area contributed by atoms with Crippen LogP contribution in [0.15, 0.2) is 66.7 Å². The van der Waals surface area contributed by atoms with Gasteiger partial charge < -0.3 is 10.1 Å². The Morgan fingerprint density at radius 2 is 1.76 bits per heavy atom. The van der Waals surface area contributed by atoms with E-state index in [1.54, 1.807) is 24.3 Å². The fraction of sp³-hybridized carbons (Fsp3) is 0.143. The van der Waals surface area contributed by atoms with Crippen LogP contribution in [-0.4, -0.2) is 18.8 Å². The van der Waals surface area contributed by atoms with Gasteiger partial charge in [0.05, 0.1) is 6.04 Å². The summed E-state index contributed by atoms with van der Waals surface area (Å²) >= 11 is 0. The molecule has 1 unspecified atom stereocenters. The lowest BCUT2D eigenvalue weighted by atomic mass is 10.00. The normalized spacial score (nSPS) is 11.7. The van der Waals surface area contributed by atoms with Crippen molar-refractivity contribution in [3.8, 4) is 5.75 Å². The molecule has 25 heavy (non-hydrogen) atoms. The number of hydrogen-bond acceptors (Lipinski definition) is 3. The molecule has 0 aromatic heterocycles. The largest absolute Gasteiger partial charge is 0.484 e. The number of aldehydes is 1. The Morgan fingerprint density at radius 1 is 1.04 bits per heavy atom. The summed E-state index contributed by atoms with van der Waals surface area (Å²) < 4.78 is 5.46. The first-order valence-corrected chi connectivity index (χ1v) is 8.12. The molecule has 0 radical (unpaired) electrons. The molecule has 0 heterocycles. The lowest BCUT2D eigenvalue weighted by Crippen LogP contribution is -2.31. The van der Waals surface area contributed by atoms with Gasteiger partial charge in [-0.05, 0) is 47.5 Å². The number of fused-ring (bicyclic) bond motifs is 1. The van der Waals surface area contributed by atoms with E-state index in [1.165, 1.54) is 0 Å². The summed E-state index contributed by atoms with van der Waals surface area (Å²) in [6, 6.07) is 20.7. The molecule has 4 nitrogen and oxygen atoms in total. The molecule has 4 heteroatoms. The summed E-state index contributed by atoms with van der Waals surface area (Å²) in [5.74, 6) is 0.360. The third kappa shape index (κ3) is 4.04. The summed E-state index contributed by atoms with van der Waals surface area (Å²) in [5, 5.41) is 5.23. The van der Waals surface area contributed by atoms with Crippen molar-refractivity contribution in [1.82, 2.24) is 5.32 Å². The predicted molar refractivity (Wildman–Crippen MR) is 97.8 cm³/mol. The zero-order valence-electron chi connectivity index (χ0n) is 13.9. The van der Waals surface area contributed by atoms with Crippen molar-refractivity contribution >= 4 is 23.0 Å². The number of hydrogen-bond donors (Lipinski definition) is 1. The molecule has 0 spiro atoms. The molecule has 0 aliphatic rings. The minimum atomic E-state index is -0.195. The smallest absolute Gasteiger partial charge is 0.258 e. The first kappa shape index (κ1) is 16.7. The highest BCUT2D eigenvalue weighted by atomic mass is 16.5. The Balaban J connectivity index is 1.62. The van der Waals surface area contributed by atoms with Crippen molar-refractivity contribution in [2.24, 2.45) is 0 Å². The van der Waals surface area contributed by atoms with Crippen molar-refractivity contribution in [3.63, 3.8) is 0 Å². The Morgan fingerprint density at radius 3 is 2.52 bits per heavy atom. The van der Waals surface area contributed by atoms with E-state index < -0.39 is 0 Å². The maximum atomic E-state index is 12.2. The van der Waals surface area contributed by atoms with Crippen molar-refractivity contribution < 1.29 is 14.3 Å². The van der Waals surface area contributed by atoms with Gasteiger partial charge in [0.15, 0.2) is 6.61 Å². The van der Waals surface area contributed by atoms with Gasteiger partial charge in [-0.3, -0.25) is 9.59 Å². The van der Waals surface area contributed by atoms with Crippen LogP contribution in [-0.2, 0) is 4.79 Å². The average molecular weight is 333 g/mol. The fourth-order valence-electron chi connectivity index (χ4n) is 2.78. The summed E-state index contributed by atoms with van der Waals surface area (Å²) in [5.41, 5.74) is 1.64. The van der Waals surface area contributed by atoms with Gasteiger partial charge in [0.1, 0.15) is 12.0 Å². The first-order valence-electron chi connectivity index (χ1n) is 8.12. The second-order valence-corrected chi connectivity index (χ2v) is 5.83. The molecule has 0 aliphatic heterocycles. The summed E-state index contributed by atoms with van der Waals surface area (Å²) in [4.78, 5) is 22.8. The predicted octanol–water partition coefficient (Wildman–Crippen LogP) is 3.91. The summed E-state index contributed by atoms with van der Waals surface area (Å²) in [6.45, 7) is 1.88. The second-order valence-electron chi connectivity index (χ2n) is 5.83. The number of amides is 1. The van der Waals surface area contributed by atoms with Crippen molar-refractivity contribution in [3.05, 3.63) is 77.9 Å². The van der Waals surface area contributed by atoms with Crippen LogP contribution in [0, 0.1) is 0 Å². The van der Waals surface area contributed by atoms with Crippen LogP contribution in [0.3, 0.4) is 0 Å². The molecule has 0 saturated carbocycles. The first-order chi connectivity index (χ1) is 12.2. The van der Waals surface area contributed by atoms with Crippen LogP contribution < -0.4 is 10.1 Å². The molecule has 0 bridgehead atoms. The van der Waals surface area contributed by atoms with E-state index in [0.29, 0.717) is 11.3 Å². The number of nitrogens with one attached hydrogen (secondary N) is 1. The van der Waals surface area contributed by atoms with Crippen LogP contribution in [0.5, 0.6) is 5.75 Å². The monoisotopic (exact) mass is 333 g/mol. The SMILES string of the molecule is CC(NC(=O)COc1ccc(C=O)cc1)c1cccc2ccccc12. The molecular weight excluding hydrogens is 314 g/mol. The van der Waals surface area contributed by atoms with Crippen molar-refractivity contribution in [2.75, 3.05) is 6.61 Å². The van der Waals surface area contributed by atoms with Crippen LogP contribution in [0.25, 0.3) is 10.8 Å². The van der Waals surface area contributed by atoms with Gasteiger partial charge >= 0.3 is 0 Å².